The fraction of sp³-hybridized carbons (Fsp3) is 0.172. The zero-order chi connectivity index (χ0) is 22.9. The Bertz CT molecular complexity index is 1300. The van der Waals surface area contributed by atoms with E-state index in [1.807, 2.05) is 18.2 Å². The Kier molecular flexibility index (Phi) is 5.69. The lowest BCUT2D eigenvalue weighted by Gasteiger charge is -2.30. The van der Waals surface area contributed by atoms with Gasteiger partial charge in [0.25, 0.3) is 5.91 Å². The first-order chi connectivity index (χ1) is 16.0. The summed E-state index contributed by atoms with van der Waals surface area (Å²) in [6.45, 7) is 4.71. The number of amides is 1. The molecule has 0 spiro atoms. The summed E-state index contributed by atoms with van der Waals surface area (Å²) in [5.41, 5.74) is 10.3. The van der Waals surface area contributed by atoms with E-state index in [4.69, 9.17) is 12.2 Å². The third-order valence-corrected chi connectivity index (χ3v) is 6.76. The normalized spacial score (nSPS) is 16.9. The number of carbonyl (C=O) groups excluding carboxylic acids is 1. The van der Waals surface area contributed by atoms with Crippen LogP contribution in [0.2, 0.25) is 0 Å². The molecule has 2 aliphatic rings. The molecule has 0 aromatic heterocycles. The molecular weight excluding hydrogens is 424 g/mol. The van der Waals surface area contributed by atoms with Gasteiger partial charge in [0.2, 0.25) is 0 Å². The van der Waals surface area contributed by atoms with Crippen LogP contribution in [0, 0.1) is 6.92 Å². The molecular formula is C29H26N2OS. The summed E-state index contributed by atoms with van der Waals surface area (Å²) in [6, 6.07) is 25.0. The molecule has 0 atom stereocenters. The highest BCUT2D eigenvalue weighted by atomic mass is 32.1. The van der Waals surface area contributed by atoms with Crippen LogP contribution in [-0.4, -0.2) is 17.6 Å². The van der Waals surface area contributed by atoms with Crippen LogP contribution in [0.15, 0.2) is 90.0 Å². The zero-order valence-corrected chi connectivity index (χ0v) is 19.7. The van der Waals surface area contributed by atoms with Gasteiger partial charge in [0.15, 0.2) is 5.11 Å². The second-order valence-electron chi connectivity index (χ2n) is 8.79. The third kappa shape index (κ3) is 4.27. The molecule has 1 aliphatic heterocycles. The minimum absolute atomic E-state index is 0.0537. The molecule has 4 heteroatoms. The van der Waals surface area contributed by atoms with Crippen LogP contribution in [0.1, 0.15) is 34.7 Å². The molecule has 0 unspecified atom stereocenters. The average molecular weight is 451 g/mol. The van der Waals surface area contributed by atoms with Crippen molar-refractivity contribution in [2.45, 2.75) is 26.7 Å². The first-order valence-electron chi connectivity index (χ1n) is 11.2. The Balaban J connectivity index is 1.38. The van der Waals surface area contributed by atoms with E-state index >= 15 is 0 Å². The van der Waals surface area contributed by atoms with Crippen LogP contribution < -0.4 is 10.2 Å². The Morgan fingerprint density at radius 2 is 1.70 bits per heavy atom. The summed E-state index contributed by atoms with van der Waals surface area (Å²) >= 11 is 5.51. The topological polar surface area (TPSA) is 32.3 Å². The van der Waals surface area contributed by atoms with E-state index in [-0.39, 0.29) is 5.91 Å². The summed E-state index contributed by atoms with van der Waals surface area (Å²) < 4.78 is 0. The van der Waals surface area contributed by atoms with Gasteiger partial charge in [-0.2, -0.15) is 0 Å². The first kappa shape index (κ1) is 21.4. The van der Waals surface area contributed by atoms with E-state index in [0.717, 1.165) is 24.1 Å². The minimum atomic E-state index is -0.0537. The molecule has 3 aromatic carbocycles. The standard InChI is InChI=1S/C29H26N2OS/c1-19-8-11-23-16-24(20(2)27(23)14-19)17-25-18-30-29(33)31(28(25)32)26-12-9-22(10-13-26)15-21-6-4-3-5-7-21/h3-14,17H,15-16,18H2,1-2H3,(H,30,33)/b25-17+. The van der Waals surface area contributed by atoms with E-state index in [9.17, 15) is 4.79 Å². The summed E-state index contributed by atoms with van der Waals surface area (Å²) in [5, 5.41) is 3.68. The zero-order valence-electron chi connectivity index (χ0n) is 18.9. The molecule has 1 N–H and O–H groups in total. The van der Waals surface area contributed by atoms with Gasteiger partial charge in [-0.15, -0.1) is 0 Å². The highest BCUT2D eigenvalue weighted by molar-refractivity contribution is 7.80. The number of benzene rings is 3. The van der Waals surface area contributed by atoms with Crippen LogP contribution in [0.4, 0.5) is 5.69 Å². The van der Waals surface area contributed by atoms with Crippen molar-refractivity contribution in [1.82, 2.24) is 5.32 Å². The highest BCUT2D eigenvalue weighted by Crippen LogP contribution is 2.34. The molecule has 1 saturated heterocycles. The second-order valence-corrected chi connectivity index (χ2v) is 9.17. The number of thiocarbonyl (C=S) groups is 1. The van der Waals surface area contributed by atoms with Crippen LogP contribution in [0.3, 0.4) is 0 Å². The fourth-order valence-electron chi connectivity index (χ4n) is 4.58. The molecule has 0 bridgehead atoms. The maximum absolute atomic E-state index is 13.4. The Morgan fingerprint density at radius 3 is 2.45 bits per heavy atom. The van der Waals surface area contributed by atoms with E-state index in [1.54, 1.807) is 4.90 Å². The van der Waals surface area contributed by atoms with E-state index in [1.165, 1.54) is 39.0 Å². The third-order valence-electron chi connectivity index (χ3n) is 6.44. The number of aryl methyl sites for hydroxylation is 1. The van der Waals surface area contributed by atoms with Gasteiger partial charge in [0, 0.05) is 12.1 Å². The van der Waals surface area contributed by atoms with Gasteiger partial charge in [-0.3, -0.25) is 9.69 Å². The Morgan fingerprint density at radius 1 is 0.970 bits per heavy atom. The predicted molar refractivity (Wildman–Crippen MR) is 139 cm³/mol. The Labute approximate surface area is 200 Å². The average Bonchev–Trinajstić information content (AvgIpc) is 3.12. The number of fused-ring (bicyclic) bond motifs is 1. The van der Waals surface area contributed by atoms with Gasteiger partial charge in [-0.1, -0.05) is 66.2 Å². The van der Waals surface area contributed by atoms with E-state index in [0.29, 0.717) is 11.7 Å². The molecule has 164 valence electrons. The molecule has 1 amide bonds. The SMILES string of the molecule is CC1=C(/C=C2\CNC(=S)N(c3ccc(Cc4ccccc4)cc3)C2=O)Cc2ccc(C)cc21. The molecule has 3 nitrogen and oxygen atoms in total. The maximum atomic E-state index is 13.4. The maximum Gasteiger partial charge on any atom is 0.262 e. The van der Waals surface area contributed by atoms with Gasteiger partial charge in [0.1, 0.15) is 0 Å². The monoisotopic (exact) mass is 450 g/mol. The van der Waals surface area contributed by atoms with E-state index < -0.39 is 0 Å². The van der Waals surface area contributed by atoms with Crippen molar-refractivity contribution in [3.8, 4) is 0 Å². The van der Waals surface area contributed by atoms with Gasteiger partial charge in [0.05, 0.1) is 5.69 Å². The van der Waals surface area contributed by atoms with Crippen molar-refractivity contribution in [2.24, 2.45) is 0 Å². The quantitative estimate of drug-likeness (QED) is 0.405. The van der Waals surface area contributed by atoms with Crippen molar-refractivity contribution in [3.63, 3.8) is 0 Å². The number of hydrogen-bond acceptors (Lipinski definition) is 2. The van der Waals surface area contributed by atoms with Crippen molar-refractivity contribution >= 4 is 34.5 Å². The largest absolute Gasteiger partial charge is 0.358 e. The lowest BCUT2D eigenvalue weighted by Crippen LogP contribution is -2.51. The van der Waals surface area contributed by atoms with E-state index in [2.05, 4.69) is 79.8 Å². The fourth-order valence-corrected chi connectivity index (χ4v) is 4.84. The number of anilines is 1. The van der Waals surface area contributed by atoms with Gasteiger partial charge in [-0.05, 0) is 90.5 Å². The van der Waals surface area contributed by atoms with Crippen LogP contribution in [0.5, 0.6) is 0 Å². The summed E-state index contributed by atoms with van der Waals surface area (Å²) in [4.78, 5) is 15.1. The number of hydrogen-bond donors (Lipinski definition) is 1. The number of rotatable bonds is 4. The lowest BCUT2D eigenvalue weighted by molar-refractivity contribution is -0.114. The predicted octanol–water partition coefficient (Wildman–Crippen LogP) is 5.76. The van der Waals surface area contributed by atoms with Crippen LogP contribution in [-0.2, 0) is 17.6 Å². The number of nitrogens with zero attached hydrogens (tertiary/aromatic N) is 1. The van der Waals surface area contributed by atoms with Crippen molar-refractivity contribution in [3.05, 3.63) is 118 Å². The second kappa shape index (κ2) is 8.80. The molecule has 1 aliphatic carbocycles. The smallest absolute Gasteiger partial charge is 0.262 e. The molecule has 0 saturated carbocycles. The van der Waals surface area contributed by atoms with Crippen molar-refractivity contribution in [2.75, 3.05) is 11.4 Å². The molecule has 1 heterocycles. The van der Waals surface area contributed by atoms with Crippen LogP contribution >= 0.6 is 12.2 Å². The van der Waals surface area contributed by atoms with Gasteiger partial charge in [-0.25, -0.2) is 0 Å². The first-order valence-corrected chi connectivity index (χ1v) is 11.7. The molecule has 33 heavy (non-hydrogen) atoms. The highest BCUT2D eigenvalue weighted by Gasteiger charge is 2.29. The number of carbonyl (C=O) groups is 1. The van der Waals surface area contributed by atoms with Crippen molar-refractivity contribution < 1.29 is 4.79 Å². The molecule has 1 fully saturated rings. The summed E-state index contributed by atoms with van der Waals surface area (Å²) in [7, 11) is 0. The molecule has 0 radical (unpaired) electrons. The molecule has 3 aromatic rings. The molecule has 5 rings (SSSR count). The summed E-state index contributed by atoms with van der Waals surface area (Å²) in [5.74, 6) is -0.0537. The van der Waals surface area contributed by atoms with Crippen LogP contribution in [0.25, 0.3) is 5.57 Å². The number of nitrogens with one attached hydrogen (secondary N) is 1. The van der Waals surface area contributed by atoms with Crippen molar-refractivity contribution in [1.29, 1.82) is 0 Å². The van der Waals surface area contributed by atoms with Gasteiger partial charge >= 0.3 is 0 Å². The number of allylic oxidation sites excluding steroid dienone is 3. The van der Waals surface area contributed by atoms with Gasteiger partial charge < -0.3 is 5.32 Å². The minimum Gasteiger partial charge on any atom is -0.358 e. The Hall–Kier alpha value is -3.50. The lowest BCUT2D eigenvalue weighted by atomic mass is 10.0. The summed E-state index contributed by atoms with van der Waals surface area (Å²) in [6.07, 6.45) is 3.77.